The van der Waals surface area contributed by atoms with Crippen molar-refractivity contribution in [2.24, 2.45) is 13.0 Å². The third-order valence-electron chi connectivity index (χ3n) is 4.78. The molecule has 1 saturated heterocycles. The van der Waals surface area contributed by atoms with Crippen LogP contribution < -0.4 is 4.74 Å². The van der Waals surface area contributed by atoms with Gasteiger partial charge in [-0.25, -0.2) is 0 Å². The fourth-order valence-corrected chi connectivity index (χ4v) is 3.34. The second-order valence-corrected chi connectivity index (χ2v) is 7.13. The summed E-state index contributed by atoms with van der Waals surface area (Å²) in [4.78, 5) is 14.6. The second kappa shape index (κ2) is 7.48. The molecule has 0 saturated carbocycles. The van der Waals surface area contributed by atoms with Gasteiger partial charge in [0.05, 0.1) is 17.3 Å². The van der Waals surface area contributed by atoms with Crippen LogP contribution >= 0.6 is 11.6 Å². The number of carbonyl (C=O) groups is 1. The van der Waals surface area contributed by atoms with Gasteiger partial charge in [0, 0.05) is 26.1 Å². The van der Waals surface area contributed by atoms with Crippen LogP contribution in [0.1, 0.15) is 34.6 Å². The number of rotatable bonds is 4. The molecule has 1 aromatic heterocycles. The van der Waals surface area contributed by atoms with Crippen LogP contribution in [0.3, 0.4) is 0 Å². The summed E-state index contributed by atoms with van der Waals surface area (Å²) in [6.45, 7) is 5.95. The van der Waals surface area contributed by atoms with E-state index in [0.29, 0.717) is 29.8 Å². The Bertz CT molecular complexity index is 755. The highest BCUT2D eigenvalue weighted by molar-refractivity contribution is 6.34. The minimum atomic E-state index is -0.0891. The molecule has 1 amide bonds. The van der Waals surface area contributed by atoms with Crippen LogP contribution in [0.15, 0.2) is 24.3 Å². The number of halogens is 1. The molecule has 0 bridgehead atoms. The van der Waals surface area contributed by atoms with Gasteiger partial charge in [-0.2, -0.15) is 5.10 Å². The summed E-state index contributed by atoms with van der Waals surface area (Å²) in [5.74, 6) is 1.11. The van der Waals surface area contributed by atoms with E-state index >= 15 is 0 Å². The van der Waals surface area contributed by atoms with Crippen molar-refractivity contribution in [3.8, 4) is 5.75 Å². The molecule has 0 spiro atoms. The number of hydrogen-bond acceptors (Lipinski definition) is 3. The number of aromatic nitrogens is 2. The molecule has 0 N–H and O–H groups in total. The van der Waals surface area contributed by atoms with Gasteiger partial charge in [-0.1, -0.05) is 29.3 Å². The van der Waals surface area contributed by atoms with Crippen LogP contribution in [0.5, 0.6) is 5.75 Å². The molecule has 1 fully saturated rings. The molecular weight excluding hydrogens is 338 g/mol. The van der Waals surface area contributed by atoms with Crippen LogP contribution in [0.25, 0.3) is 0 Å². The Morgan fingerprint density at radius 3 is 2.68 bits per heavy atom. The third kappa shape index (κ3) is 3.98. The predicted molar refractivity (Wildman–Crippen MR) is 98.3 cm³/mol. The number of amides is 1. The van der Waals surface area contributed by atoms with Gasteiger partial charge in [-0.3, -0.25) is 9.48 Å². The van der Waals surface area contributed by atoms with Crippen molar-refractivity contribution in [3.05, 3.63) is 46.2 Å². The molecule has 6 heteroatoms. The summed E-state index contributed by atoms with van der Waals surface area (Å²) in [6.07, 6.45) is 2.03. The predicted octanol–water partition coefficient (Wildman–Crippen LogP) is 3.62. The van der Waals surface area contributed by atoms with E-state index in [1.165, 1.54) is 5.56 Å². The molecule has 3 rings (SSSR count). The third-order valence-corrected chi connectivity index (χ3v) is 5.23. The number of aryl methyl sites for hydroxylation is 2. The SMILES string of the molecule is Cc1ccc(OCC2CCCN(C(=O)c3nn(C)c(C)c3Cl)C2)cc1. The fourth-order valence-electron chi connectivity index (χ4n) is 3.10. The Labute approximate surface area is 153 Å². The van der Waals surface area contributed by atoms with Crippen LogP contribution in [0, 0.1) is 19.8 Å². The van der Waals surface area contributed by atoms with E-state index in [1.54, 1.807) is 11.7 Å². The van der Waals surface area contributed by atoms with E-state index in [0.717, 1.165) is 30.8 Å². The number of piperidine rings is 1. The van der Waals surface area contributed by atoms with Gasteiger partial charge in [0.1, 0.15) is 5.75 Å². The molecule has 0 radical (unpaired) electrons. The summed E-state index contributed by atoms with van der Waals surface area (Å²) in [5.41, 5.74) is 2.37. The Morgan fingerprint density at radius 1 is 1.32 bits per heavy atom. The zero-order chi connectivity index (χ0) is 18.0. The van der Waals surface area contributed by atoms with Gasteiger partial charge in [0.15, 0.2) is 5.69 Å². The molecule has 1 aliphatic heterocycles. The lowest BCUT2D eigenvalue weighted by molar-refractivity contribution is 0.0627. The molecule has 1 unspecified atom stereocenters. The average molecular weight is 362 g/mol. The maximum absolute atomic E-state index is 12.8. The summed E-state index contributed by atoms with van der Waals surface area (Å²) in [5, 5.41) is 4.72. The van der Waals surface area contributed by atoms with E-state index in [2.05, 4.69) is 12.0 Å². The Morgan fingerprint density at radius 2 is 2.04 bits per heavy atom. The van der Waals surface area contributed by atoms with Crippen molar-refractivity contribution >= 4 is 17.5 Å². The van der Waals surface area contributed by atoms with E-state index < -0.39 is 0 Å². The summed E-state index contributed by atoms with van der Waals surface area (Å²) >= 11 is 6.26. The number of likely N-dealkylation sites (tertiary alicyclic amines) is 1. The molecule has 2 aromatic rings. The first-order valence-electron chi connectivity index (χ1n) is 8.63. The lowest BCUT2D eigenvalue weighted by atomic mass is 9.98. The van der Waals surface area contributed by atoms with Crippen LogP contribution in [-0.4, -0.2) is 40.3 Å². The van der Waals surface area contributed by atoms with Gasteiger partial charge < -0.3 is 9.64 Å². The van der Waals surface area contributed by atoms with Crippen molar-refractivity contribution in [2.45, 2.75) is 26.7 Å². The average Bonchev–Trinajstić information content (AvgIpc) is 2.88. The standard InChI is InChI=1S/C19H24ClN3O2/c1-13-6-8-16(9-7-13)25-12-15-5-4-10-23(11-15)19(24)18-17(20)14(2)22(3)21-18/h6-9,15H,4-5,10-12H2,1-3H3. The first-order valence-corrected chi connectivity index (χ1v) is 9.01. The van der Waals surface area contributed by atoms with Gasteiger partial charge >= 0.3 is 0 Å². The topological polar surface area (TPSA) is 47.4 Å². The normalized spacial score (nSPS) is 17.6. The number of carbonyl (C=O) groups excluding carboxylic acids is 1. The second-order valence-electron chi connectivity index (χ2n) is 6.76. The van der Waals surface area contributed by atoms with Crippen molar-refractivity contribution < 1.29 is 9.53 Å². The van der Waals surface area contributed by atoms with Gasteiger partial charge in [0.2, 0.25) is 0 Å². The molecule has 1 aliphatic rings. The van der Waals surface area contributed by atoms with Crippen molar-refractivity contribution in [3.63, 3.8) is 0 Å². The highest BCUT2D eigenvalue weighted by Crippen LogP contribution is 2.24. The van der Waals surface area contributed by atoms with E-state index in [9.17, 15) is 4.79 Å². The molecule has 1 aromatic carbocycles. The molecule has 1 atom stereocenters. The zero-order valence-electron chi connectivity index (χ0n) is 15.0. The first kappa shape index (κ1) is 17.8. The lowest BCUT2D eigenvalue weighted by Crippen LogP contribution is -2.41. The van der Waals surface area contributed by atoms with Crippen LogP contribution in [-0.2, 0) is 7.05 Å². The number of nitrogens with zero attached hydrogens (tertiary/aromatic N) is 3. The maximum atomic E-state index is 12.8. The summed E-state index contributed by atoms with van der Waals surface area (Å²) in [7, 11) is 1.80. The van der Waals surface area contributed by atoms with Crippen LogP contribution in [0.2, 0.25) is 5.02 Å². The molecule has 134 valence electrons. The van der Waals surface area contributed by atoms with Crippen LogP contribution in [0.4, 0.5) is 0 Å². The first-order chi connectivity index (χ1) is 12.0. The molecule has 25 heavy (non-hydrogen) atoms. The van der Waals surface area contributed by atoms with Gasteiger partial charge in [0.25, 0.3) is 5.91 Å². The fraction of sp³-hybridized carbons (Fsp3) is 0.474. The minimum absolute atomic E-state index is 0.0891. The zero-order valence-corrected chi connectivity index (χ0v) is 15.7. The summed E-state index contributed by atoms with van der Waals surface area (Å²) in [6, 6.07) is 8.05. The molecule has 5 nitrogen and oxygen atoms in total. The quantitative estimate of drug-likeness (QED) is 0.835. The van der Waals surface area contributed by atoms with Crippen molar-refractivity contribution in [2.75, 3.05) is 19.7 Å². The minimum Gasteiger partial charge on any atom is -0.493 e. The van der Waals surface area contributed by atoms with E-state index in [4.69, 9.17) is 16.3 Å². The highest BCUT2D eigenvalue weighted by atomic mass is 35.5. The largest absolute Gasteiger partial charge is 0.493 e. The summed E-state index contributed by atoms with van der Waals surface area (Å²) < 4.78 is 7.55. The smallest absolute Gasteiger partial charge is 0.275 e. The van der Waals surface area contributed by atoms with Crippen molar-refractivity contribution in [1.82, 2.24) is 14.7 Å². The highest BCUT2D eigenvalue weighted by Gasteiger charge is 2.28. The molecular formula is C19H24ClN3O2. The van der Waals surface area contributed by atoms with Crippen molar-refractivity contribution in [1.29, 1.82) is 0 Å². The Balaban J connectivity index is 1.61. The number of benzene rings is 1. The van der Waals surface area contributed by atoms with Gasteiger partial charge in [-0.15, -0.1) is 0 Å². The molecule has 0 aliphatic carbocycles. The Kier molecular flexibility index (Phi) is 5.33. The van der Waals surface area contributed by atoms with E-state index in [-0.39, 0.29) is 5.91 Å². The van der Waals surface area contributed by atoms with Gasteiger partial charge in [-0.05, 0) is 38.8 Å². The maximum Gasteiger partial charge on any atom is 0.275 e. The van der Waals surface area contributed by atoms with E-state index in [1.807, 2.05) is 36.1 Å². The molecule has 2 heterocycles. The number of ether oxygens (including phenoxy) is 1. The monoisotopic (exact) mass is 361 g/mol. The Hall–Kier alpha value is -2.01. The lowest BCUT2D eigenvalue weighted by Gasteiger charge is -2.32. The number of hydrogen-bond donors (Lipinski definition) is 0.